The van der Waals surface area contributed by atoms with Gasteiger partial charge in [0, 0.05) is 25.6 Å². The molecule has 3 heteroatoms. The van der Waals surface area contributed by atoms with E-state index in [2.05, 4.69) is 51.2 Å². The lowest BCUT2D eigenvalue weighted by Gasteiger charge is -2.26. The molecule has 0 radical (unpaired) electrons. The van der Waals surface area contributed by atoms with Gasteiger partial charge in [-0.2, -0.15) is 0 Å². The van der Waals surface area contributed by atoms with Crippen molar-refractivity contribution in [2.45, 2.75) is 46.6 Å². The zero-order valence-corrected chi connectivity index (χ0v) is 13.8. The fourth-order valence-electron chi connectivity index (χ4n) is 3.18. The summed E-state index contributed by atoms with van der Waals surface area (Å²) in [6, 6.07) is 6.91. The van der Waals surface area contributed by atoms with Gasteiger partial charge in [0.25, 0.3) is 0 Å². The van der Waals surface area contributed by atoms with E-state index in [9.17, 15) is 4.79 Å². The highest BCUT2D eigenvalue weighted by atomic mass is 16.2. The van der Waals surface area contributed by atoms with Crippen molar-refractivity contribution in [3.63, 3.8) is 0 Å². The van der Waals surface area contributed by atoms with Crippen molar-refractivity contribution in [1.29, 1.82) is 0 Å². The Kier molecular flexibility index (Phi) is 5.40. The molecule has 0 aliphatic carbocycles. The first-order valence-electron chi connectivity index (χ1n) is 8.09. The summed E-state index contributed by atoms with van der Waals surface area (Å²) in [5.41, 5.74) is 3.87. The minimum Gasteiger partial charge on any atom is -0.340 e. The van der Waals surface area contributed by atoms with E-state index in [-0.39, 0.29) is 6.04 Å². The Balaban J connectivity index is 2.15. The fraction of sp³-hybridized carbons (Fsp3) is 0.611. The molecule has 116 valence electrons. The molecule has 2 unspecified atom stereocenters. The van der Waals surface area contributed by atoms with Gasteiger partial charge in [-0.3, -0.25) is 4.79 Å². The predicted octanol–water partition coefficient (Wildman–Crippen LogP) is 3.21. The Morgan fingerprint density at radius 2 is 1.95 bits per heavy atom. The van der Waals surface area contributed by atoms with Crippen LogP contribution < -0.4 is 5.32 Å². The summed E-state index contributed by atoms with van der Waals surface area (Å²) in [6.07, 6.45) is 1.80. The highest BCUT2D eigenvalue weighted by molar-refractivity contribution is 5.78. The summed E-state index contributed by atoms with van der Waals surface area (Å²) in [5, 5.41) is 3.61. The van der Waals surface area contributed by atoms with Gasteiger partial charge < -0.3 is 10.2 Å². The normalized spacial score (nSPS) is 20.1. The number of aryl methyl sites for hydroxylation is 2. The second kappa shape index (κ2) is 7.08. The van der Waals surface area contributed by atoms with E-state index in [1.165, 1.54) is 16.7 Å². The lowest BCUT2D eigenvalue weighted by molar-refractivity contribution is -0.128. The molecule has 0 spiro atoms. The Bertz CT molecular complexity index is 478. The lowest BCUT2D eigenvalue weighted by Crippen LogP contribution is -2.36. The lowest BCUT2D eigenvalue weighted by atomic mass is 10.0. The Labute approximate surface area is 128 Å². The van der Waals surface area contributed by atoms with E-state index in [1.807, 2.05) is 4.90 Å². The average molecular weight is 288 g/mol. The number of hydrogen-bond acceptors (Lipinski definition) is 2. The SMILES string of the molecule is CCCNC(CN1CC(C)CC1=O)c1cc(C)cc(C)c1. The Morgan fingerprint density at radius 3 is 2.48 bits per heavy atom. The maximum Gasteiger partial charge on any atom is 0.222 e. The predicted molar refractivity (Wildman–Crippen MR) is 87.3 cm³/mol. The molecule has 1 fully saturated rings. The maximum atomic E-state index is 12.1. The summed E-state index contributed by atoms with van der Waals surface area (Å²) in [4.78, 5) is 14.1. The molecule has 2 rings (SSSR count). The number of nitrogens with zero attached hydrogens (tertiary/aromatic N) is 1. The van der Waals surface area contributed by atoms with E-state index in [0.717, 1.165) is 26.1 Å². The third-order valence-corrected chi connectivity index (χ3v) is 4.10. The van der Waals surface area contributed by atoms with Crippen LogP contribution in [-0.4, -0.2) is 30.4 Å². The van der Waals surface area contributed by atoms with Crippen molar-refractivity contribution in [2.75, 3.05) is 19.6 Å². The molecular formula is C18H28N2O. The van der Waals surface area contributed by atoms with Crippen LogP contribution in [0.3, 0.4) is 0 Å². The van der Waals surface area contributed by atoms with Crippen molar-refractivity contribution in [3.05, 3.63) is 34.9 Å². The minimum absolute atomic E-state index is 0.234. The van der Waals surface area contributed by atoms with Gasteiger partial charge in [0.05, 0.1) is 0 Å². The van der Waals surface area contributed by atoms with Gasteiger partial charge in [0.15, 0.2) is 0 Å². The Hall–Kier alpha value is -1.35. The molecule has 21 heavy (non-hydrogen) atoms. The van der Waals surface area contributed by atoms with Crippen molar-refractivity contribution in [1.82, 2.24) is 10.2 Å². The van der Waals surface area contributed by atoms with E-state index >= 15 is 0 Å². The van der Waals surface area contributed by atoms with Crippen LogP contribution in [0.2, 0.25) is 0 Å². The number of carbonyl (C=O) groups excluding carboxylic acids is 1. The number of nitrogens with one attached hydrogen (secondary N) is 1. The van der Waals surface area contributed by atoms with Crippen LogP contribution in [0.15, 0.2) is 18.2 Å². The van der Waals surface area contributed by atoms with Crippen LogP contribution in [-0.2, 0) is 4.79 Å². The molecule has 2 atom stereocenters. The first-order chi connectivity index (χ1) is 9.99. The van der Waals surface area contributed by atoms with Gasteiger partial charge >= 0.3 is 0 Å². The first-order valence-corrected chi connectivity index (χ1v) is 8.09. The largest absolute Gasteiger partial charge is 0.340 e. The molecule has 1 amide bonds. The smallest absolute Gasteiger partial charge is 0.222 e. The molecule has 1 aliphatic rings. The second-order valence-corrected chi connectivity index (χ2v) is 6.54. The number of hydrogen-bond donors (Lipinski definition) is 1. The van der Waals surface area contributed by atoms with Gasteiger partial charge in [-0.25, -0.2) is 0 Å². The summed E-state index contributed by atoms with van der Waals surface area (Å²) < 4.78 is 0. The highest BCUT2D eigenvalue weighted by Gasteiger charge is 2.28. The Morgan fingerprint density at radius 1 is 1.29 bits per heavy atom. The highest BCUT2D eigenvalue weighted by Crippen LogP contribution is 2.23. The third kappa shape index (κ3) is 4.31. The summed E-state index contributed by atoms with van der Waals surface area (Å²) in [6.45, 7) is 11.3. The van der Waals surface area contributed by atoms with Crippen molar-refractivity contribution < 1.29 is 4.79 Å². The molecule has 1 aromatic rings. The molecule has 0 bridgehead atoms. The van der Waals surface area contributed by atoms with Crippen LogP contribution in [0, 0.1) is 19.8 Å². The fourth-order valence-corrected chi connectivity index (χ4v) is 3.18. The standard InChI is InChI=1S/C18H28N2O/c1-5-6-19-17(12-20-11-15(4)10-18(20)21)16-8-13(2)7-14(3)9-16/h7-9,15,17,19H,5-6,10-12H2,1-4H3. The van der Waals surface area contributed by atoms with Crippen molar-refractivity contribution >= 4 is 5.91 Å². The van der Waals surface area contributed by atoms with E-state index in [0.29, 0.717) is 18.2 Å². The molecule has 1 aromatic carbocycles. The van der Waals surface area contributed by atoms with Crippen molar-refractivity contribution in [3.8, 4) is 0 Å². The van der Waals surface area contributed by atoms with E-state index in [4.69, 9.17) is 0 Å². The number of likely N-dealkylation sites (tertiary alicyclic amines) is 1. The second-order valence-electron chi connectivity index (χ2n) is 6.54. The van der Waals surface area contributed by atoms with Gasteiger partial charge in [-0.15, -0.1) is 0 Å². The molecule has 0 aromatic heterocycles. The monoisotopic (exact) mass is 288 g/mol. The first kappa shape index (κ1) is 16.0. The van der Waals surface area contributed by atoms with Gasteiger partial charge in [0.2, 0.25) is 5.91 Å². The quantitative estimate of drug-likeness (QED) is 0.871. The molecule has 1 aliphatic heterocycles. The zero-order valence-electron chi connectivity index (χ0n) is 13.8. The van der Waals surface area contributed by atoms with Crippen LogP contribution >= 0.6 is 0 Å². The van der Waals surface area contributed by atoms with E-state index < -0.39 is 0 Å². The van der Waals surface area contributed by atoms with E-state index in [1.54, 1.807) is 0 Å². The van der Waals surface area contributed by atoms with Crippen LogP contribution in [0.5, 0.6) is 0 Å². The average Bonchev–Trinajstić information content (AvgIpc) is 2.71. The molecule has 1 heterocycles. The van der Waals surface area contributed by atoms with Crippen molar-refractivity contribution in [2.24, 2.45) is 5.92 Å². The number of benzene rings is 1. The van der Waals surface area contributed by atoms with Gasteiger partial charge in [-0.1, -0.05) is 43.2 Å². The number of rotatable bonds is 6. The summed E-state index contributed by atoms with van der Waals surface area (Å²) >= 11 is 0. The minimum atomic E-state index is 0.234. The van der Waals surface area contributed by atoms with Crippen LogP contribution in [0.4, 0.5) is 0 Å². The topological polar surface area (TPSA) is 32.3 Å². The molecular weight excluding hydrogens is 260 g/mol. The van der Waals surface area contributed by atoms with Gasteiger partial charge in [-0.05, 0) is 38.3 Å². The molecule has 1 saturated heterocycles. The molecule has 0 saturated carbocycles. The maximum absolute atomic E-state index is 12.1. The van der Waals surface area contributed by atoms with Crippen LogP contribution in [0.25, 0.3) is 0 Å². The third-order valence-electron chi connectivity index (χ3n) is 4.10. The molecule has 3 nitrogen and oxygen atoms in total. The summed E-state index contributed by atoms with van der Waals surface area (Å²) in [7, 11) is 0. The number of carbonyl (C=O) groups is 1. The van der Waals surface area contributed by atoms with Gasteiger partial charge in [0.1, 0.15) is 0 Å². The number of amides is 1. The zero-order chi connectivity index (χ0) is 15.4. The molecule has 1 N–H and O–H groups in total. The summed E-state index contributed by atoms with van der Waals surface area (Å²) in [5.74, 6) is 0.791. The van der Waals surface area contributed by atoms with Crippen LogP contribution in [0.1, 0.15) is 49.4 Å².